The first-order chi connectivity index (χ1) is 12.0. The Bertz CT molecular complexity index is 997. The molecule has 5 nitrogen and oxygen atoms in total. The molecule has 0 fully saturated rings. The van der Waals surface area contributed by atoms with Crippen LogP contribution in [0.4, 0.5) is 0 Å². The molecule has 0 saturated carbocycles. The summed E-state index contributed by atoms with van der Waals surface area (Å²) in [6.07, 6.45) is 0. The summed E-state index contributed by atoms with van der Waals surface area (Å²) >= 11 is 2.80. The lowest BCUT2D eigenvalue weighted by atomic mass is 10.3. The van der Waals surface area contributed by atoms with E-state index in [4.69, 9.17) is 4.74 Å². The Hall–Kier alpha value is -2.25. The highest BCUT2D eigenvalue weighted by molar-refractivity contribution is 7.16. The summed E-state index contributed by atoms with van der Waals surface area (Å²) in [5, 5.41) is 0. The maximum atomic E-state index is 12.5. The van der Waals surface area contributed by atoms with E-state index >= 15 is 0 Å². The van der Waals surface area contributed by atoms with E-state index in [0.717, 1.165) is 15.1 Å². The molecule has 3 aromatic rings. The molecular weight excluding hydrogens is 356 g/mol. The number of amides is 1. The van der Waals surface area contributed by atoms with Crippen molar-refractivity contribution in [3.05, 3.63) is 51.0 Å². The lowest BCUT2D eigenvalue weighted by Crippen LogP contribution is -2.27. The molecule has 0 N–H and O–H groups in total. The molecule has 0 aliphatic heterocycles. The van der Waals surface area contributed by atoms with E-state index in [1.165, 1.54) is 22.7 Å². The molecule has 2 heterocycles. The van der Waals surface area contributed by atoms with Crippen molar-refractivity contribution in [3.8, 4) is 0 Å². The highest BCUT2D eigenvalue weighted by Gasteiger charge is 2.21. The van der Waals surface area contributed by atoms with Gasteiger partial charge in [-0.25, -0.2) is 4.79 Å². The molecule has 0 radical (unpaired) electrons. The highest BCUT2D eigenvalue weighted by atomic mass is 32.1. The van der Waals surface area contributed by atoms with Crippen molar-refractivity contribution in [2.75, 3.05) is 6.61 Å². The highest BCUT2D eigenvalue weighted by Crippen LogP contribution is 2.22. The minimum absolute atomic E-state index is 0.297. The number of aromatic nitrogens is 1. The van der Waals surface area contributed by atoms with Crippen molar-refractivity contribution in [2.45, 2.75) is 26.8 Å². The van der Waals surface area contributed by atoms with Crippen LogP contribution in [0.3, 0.4) is 0 Å². The van der Waals surface area contributed by atoms with Crippen LogP contribution in [-0.2, 0) is 9.53 Å². The Labute approximate surface area is 153 Å². The zero-order valence-corrected chi connectivity index (χ0v) is 15.8. The van der Waals surface area contributed by atoms with E-state index in [9.17, 15) is 9.59 Å². The lowest BCUT2D eigenvalue weighted by Gasteiger charge is -2.13. The molecule has 7 heteroatoms. The van der Waals surface area contributed by atoms with Crippen LogP contribution < -0.4 is 4.80 Å². The van der Waals surface area contributed by atoms with Gasteiger partial charge in [-0.1, -0.05) is 23.5 Å². The Morgan fingerprint density at radius 2 is 1.96 bits per heavy atom. The van der Waals surface area contributed by atoms with Gasteiger partial charge in [-0.05, 0) is 45.0 Å². The summed E-state index contributed by atoms with van der Waals surface area (Å²) in [6, 6.07) is 10.8. The second-order valence-corrected chi connectivity index (χ2v) is 7.77. The van der Waals surface area contributed by atoms with Crippen molar-refractivity contribution in [3.63, 3.8) is 0 Å². The second kappa shape index (κ2) is 7.33. The van der Waals surface area contributed by atoms with E-state index in [2.05, 4.69) is 4.99 Å². The molecule has 25 heavy (non-hydrogen) atoms. The van der Waals surface area contributed by atoms with Gasteiger partial charge in [0.25, 0.3) is 5.91 Å². The molecule has 1 aromatic carbocycles. The second-order valence-electron chi connectivity index (χ2n) is 5.48. The van der Waals surface area contributed by atoms with Gasteiger partial charge in [0.1, 0.15) is 6.04 Å². The van der Waals surface area contributed by atoms with Crippen molar-refractivity contribution in [1.29, 1.82) is 0 Å². The Kier molecular flexibility index (Phi) is 5.15. The fourth-order valence-corrected chi connectivity index (χ4v) is 4.35. The Morgan fingerprint density at radius 1 is 1.20 bits per heavy atom. The largest absolute Gasteiger partial charge is 0.464 e. The van der Waals surface area contributed by atoms with Crippen LogP contribution in [0.5, 0.6) is 0 Å². The Balaban J connectivity index is 2.14. The fourth-order valence-electron chi connectivity index (χ4n) is 2.50. The van der Waals surface area contributed by atoms with E-state index in [1.807, 2.05) is 37.3 Å². The van der Waals surface area contributed by atoms with Crippen molar-refractivity contribution in [2.24, 2.45) is 4.99 Å². The molecule has 130 valence electrons. The normalized spacial score (nSPS) is 13.2. The number of nitrogens with zero attached hydrogens (tertiary/aromatic N) is 2. The van der Waals surface area contributed by atoms with Crippen LogP contribution in [0.2, 0.25) is 0 Å². The number of esters is 1. The fraction of sp³-hybridized carbons (Fsp3) is 0.278. The number of aryl methyl sites for hydroxylation is 1. The molecular formula is C18H18N2O3S2. The molecule has 2 aromatic heterocycles. The number of rotatable bonds is 4. The number of ether oxygens (including phenoxy) is 1. The predicted octanol–water partition coefficient (Wildman–Crippen LogP) is 3.94. The van der Waals surface area contributed by atoms with Crippen molar-refractivity contribution >= 4 is 44.8 Å². The number of hydrogen-bond acceptors (Lipinski definition) is 5. The molecule has 1 unspecified atom stereocenters. The van der Waals surface area contributed by atoms with Crippen LogP contribution in [-0.4, -0.2) is 23.1 Å². The summed E-state index contributed by atoms with van der Waals surface area (Å²) in [4.78, 5) is 31.2. The van der Waals surface area contributed by atoms with Gasteiger partial charge in [0.15, 0.2) is 4.80 Å². The van der Waals surface area contributed by atoms with Crippen LogP contribution in [0.15, 0.2) is 41.4 Å². The van der Waals surface area contributed by atoms with Gasteiger partial charge in [-0.15, -0.1) is 11.3 Å². The van der Waals surface area contributed by atoms with Gasteiger partial charge in [-0.3, -0.25) is 4.79 Å². The summed E-state index contributed by atoms with van der Waals surface area (Å²) in [7, 11) is 0. The number of benzene rings is 1. The zero-order valence-electron chi connectivity index (χ0n) is 14.2. The smallest absolute Gasteiger partial charge is 0.328 e. The monoisotopic (exact) mass is 374 g/mol. The van der Waals surface area contributed by atoms with Crippen molar-refractivity contribution < 1.29 is 14.3 Å². The van der Waals surface area contributed by atoms with Crippen molar-refractivity contribution in [1.82, 2.24) is 4.57 Å². The number of fused-ring (bicyclic) bond motifs is 1. The van der Waals surface area contributed by atoms with Crippen LogP contribution in [0.1, 0.15) is 34.4 Å². The maximum absolute atomic E-state index is 12.5. The van der Waals surface area contributed by atoms with E-state index < -0.39 is 6.04 Å². The first-order valence-electron chi connectivity index (χ1n) is 7.93. The molecule has 0 bridgehead atoms. The first kappa shape index (κ1) is 17.6. The van der Waals surface area contributed by atoms with Gasteiger partial charge in [-0.2, -0.15) is 4.99 Å². The third kappa shape index (κ3) is 3.57. The number of carbonyl (C=O) groups is 2. The molecule has 3 rings (SSSR count). The molecule has 1 atom stereocenters. The quantitative estimate of drug-likeness (QED) is 0.650. The molecule has 0 aliphatic rings. The topological polar surface area (TPSA) is 60.7 Å². The van der Waals surface area contributed by atoms with Gasteiger partial charge in [0, 0.05) is 4.88 Å². The SMILES string of the molecule is CCOC(=O)C(C)n1c(=NC(=O)c2ccc(C)s2)sc2ccccc21. The Morgan fingerprint density at radius 3 is 2.64 bits per heavy atom. The first-order valence-corrected chi connectivity index (χ1v) is 9.56. The summed E-state index contributed by atoms with van der Waals surface area (Å²) in [5.74, 6) is -0.638. The third-order valence-corrected chi connectivity index (χ3v) is 5.72. The van der Waals surface area contributed by atoms with Crippen LogP contribution in [0, 0.1) is 6.92 Å². The van der Waals surface area contributed by atoms with E-state index in [0.29, 0.717) is 16.3 Å². The molecule has 0 aliphatic carbocycles. The average Bonchev–Trinajstić information content (AvgIpc) is 3.17. The standard InChI is InChI=1S/C18H18N2O3S2/c1-4-23-17(22)12(3)20-13-7-5-6-8-14(13)25-18(20)19-16(21)15-10-9-11(2)24-15/h5-10,12H,4H2,1-3H3. The van der Waals surface area contributed by atoms with Gasteiger partial charge >= 0.3 is 5.97 Å². The predicted molar refractivity (Wildman–Crippen MR) is 100 cm³/mol. The maximum Gasteiger partial charge on any atom is 0.328 e. The number of thiophene rings is 1. The lowest BCUT2D eigenvalue weighted by molar-refractivity contribution is -0.146. The van der Waals surface area contributed by atoms with E-state index in [1.54, 1.807) is 24.5 Å². The van der Waals surface area contributed by atoms with E-state index in [-0.39, 0.29) is 11.9 Å². The third-order valence-electron chi connectivity index (χ3n) is 3.70. The summed E-state index contributed by atoms with van der Waals surface area (Å²) in [6.45, 7) is 5.79. The van der Waals surface area contributed by atoms with Crippen LogP contribution in [0.25, 0.3) is 10.2 Å². The van der Waals surface area contributed by atoms with Gasteiger partial charge < -0.3 is 9.30 Å². The molecule has 1 amide bonds. The number of hydrogen-bond donors (Lipinski definition) is 0. The summed E-state index contributed by atoms with van der Waals surface area (Å²) < 4.78 is 7.88. The minimum atomic E-state index is -0.562. The number of para-hydroxylation sites is 1. The summed E-state index contributed by atoms with van der Waals surface area (Å²) in [5.41, 5.74) is 0.863. The number of thiazole rings is 1. The molecule has 0 saturated heterocycles. The van der Waals surface area contributed by atoms with Crippen LogP contribution >= 0.6 is 22.7 Å². The van der Waals surface area contributed by atoms with Gasteiger partial charge in [0.05, 0.1) is 21.7 Å². The molecule has 0 spiro atoms. The van der Waals surface area contributed by atoms with Gasteiger partial charge in [0.2, 0.25) is 0 Å². The average molecular weight is 374 g/mol. The zero-order chi connectivity index (χ0) is 18.0. The number of carbonyl (C=O) groups excluding carboxylic acids is 2. The minimum Gasteiger partial charge on any atom is -0.464 e.